The molecule has 1 unspecified atom stereocenters. The molecular weight excluding hydrogens is 384 g/mol. The standard InChI is InChI=1S/C23H32N2O5/c1-27-20-14-17(15-21(28-2)23(20)29-3)9-10-22(26)24-16-18(19-8-7-13-30-19)25-11-5-4-6-12-25/h7-8,13-15,18H,4-6,9-12,16H2,1-3H3,(H,24,26). The van der Waals surface area contributed by atoms with E-state index in [9.17, 15) is 4.79 Å². The molecule has 2 aromatic rings. The maximum absolute atomic E-state index is 12.6. The first kappa shape index (κ1) is 22.0. The zero-order valence-electron chi connectivity index (χ0n) is 18.1. The smallest absolute Gasteiger partial charge is 0.220 e. The van der Waals surface area contributed by atoms with Crippen LogP contribution in [0.3, 0.4) is 0 Å². The van der Waals surface area contributed by atoms with Crippen molar-refractivity contribution < 1.29 is 23.4 Å². The molecule has 0 radical (unpaired) electrons. The summed E-state index contributed by atoms with van der Waals surface area (Å²) in [6, 6.07) is 7.73. The average Bonchev–Trinajstić information content (AvgIpc) is 3.32. The van der Waals surface area contributed by atoms with Gasteiger partial charge in [0.05, 0.1) is 33.6 Å². The molecule has 7 nitrogen and oxygen atoms in total. The van der Waals surface area contributed by atoms with Crippen LogP contribution in [0.4, 0.5) is 0 Å². The van der Waals surface area contributed by atoms with Gasteiger partial charge in [-0.2, -0.15) is 0 Å². The van der Waals surface area contributed by atoms with E-state index in [1.165, 1.54) is 19.3 Å². The van der Waals surface area contributed by atoms with Gasteiger partial charge in [0.2, 0.25) is 11.7 Å². The van der Waals surface area contributed by atoms with Crippen LogP contribution in [-0.4, -0.2) is 51.8 Å². The summed E-state index contributed by atoms with van der Waals surface area (Å²) in [6.45, 7) is 2.61. The summed E-state index contributed by atoms with van der Waals surface area (Å²) < 4.78 is 21.8. The number of furan rings is 1. The number of likely N-dealkylation sites (tertiary alicyclic amines) is 1. The van der Waals surface area contributed by atoms with Gasteiger partial charge in [0.15, 0.2) is 11.5 Å². The molecule has 1 aromatic carbocycles. The fraction of sp³-hybridized carbons (Fsp3) is 0.522. The van der Waals surface area contributed by atoms with Gasteiger partial charge < -0.3 is 23.9 Å². The summed E-state index contributed by atoms with van der Waals surface area (Å²) in [5, 5.41) is 3.09. The van der Waals surface area contributed by atoms with E-state index in [1.54, 1.807) is 27.6 Å². The SMILES string of the molecule is COc1cc(CCC(=O)NCC(c2ccco2)N2CCCCC2)cc(OC)c1OC. The van der Waals surface area contributed by atoms with Crippen LogP contribution >= 0.6 is 0 Å². The van der Waals surface area contributed by atoms with Crippen molar-refractivity contribution in [1.82, 2.24) is 10.2 Å². The lowest BCUT2D eigenvalue weighted by atomic mass is 10.1. The van der Waals surface area contributed by atoms with Crippen molar-refractivity contribution >= 4 is 5.91 Å². The van der Waals surface area contributed by atoms with Crippen LogP contribution in [0.2, 0.25) is 0 Å². The third kappa shape index (κ3) is 5.48. The fourth-order valence-corrected chi connectivity index (χ4v) is 3.96. The van der Waals surface area contributed by atoms with Gasteiger partial charge in [0.25, 0.3) is 0 Å². The predicted octanol–water partition coefficient (Wildman–Crippen LogP) is 3.58. The number of methoxy groups -OCH3 is 3. The van der Waals surface area contributed by atoms with Gasteiger partial charge in [0.1, 0.15) is 5.76 Å². The first-order valence-corrected chi connectivity index (χ1v) is 10.5. The summed E-state index contributed by atoms with van der Waals surface area (Å²) >= 11 is 0. The van der Waals surface area contributed by atoms with E-state index < -0.39 is 0 Å². The maximum Gasteiger partial charge on any atom is 0.220 e. The van der Waals surface area contributed by atoms with E-state index >= 15 is 0 Å². The topological polar surface area (TPSA) is 73.2 Å². The molecule has 164 valence electrons. The zero-order chi connectivity index (χ0) is 21.3. The maximum atomic E-state index is 12.6. The molecule has 1 atom stereocenters. The lowest BCUT2D eigenvalue weighted by molar-refractivity contribution is -0.121. The quantitative estimate of drug-likeness (QED) is 0.638. The minimum absolute atomic E-state index is 0.0114. The first-order valence-electron chi connectivity index (χ1n) is 10.5. The minimum atomic E-state index is 0.0114. The van der Waals surface area contributed by atoms with Gasteiger partial charge in [-0.1, -0.05) is 6.42 Å². The molecule has 1 N–H and O–H groups in total. The largest absolute Gasteiger partial charge is 0.493 e. The van der Waals surface area contributed by atoms with Gasteiger partial charge in [-0.05, 0) is 62.2 Å². The van der Waals surface area contributed by atoms with E-state index in [0.29, 0.717) is 36.6 Å². The Kier molecular flexibility index (Phi) is 8.02. The number of ether oxygens (including phenoxy) is 3. The number of hydrogen-bond acceptors (Lipinski definition) is 6. The number of hydrogen-bond donors (Lipinski definition) is 1. The van der Waals surface area contributed by atoms with Gasteiger partial charge in [-0.15, -0.1) is 0 Å². The highest BCUT2D eigenvalue weighted by atomic mass is 16.5. The number of carbonyl (C=O) groups excluding carboxylic acids is 1. The average molecular weight is 417 g/mol. The number of amides is 1. The molecule has 1 aliphatic heterocycles. The van der Waals surface area contributed by atoms with Gasteiger partial charge in [0, 0.05) is 13.0 Å². The highest BCUT2D eigenvalue weighted by Gasteiger charge is 2.25. The third-order valence-electron chi connectivity index (χ3n) is 5.56. The number of carbonyl (C=O) groups is 1. The molecule has 1 saturated heterocycles. The molecule has 1 aromatic heterocycles. The highest BCUT2D eigenvalue weighted by molar-refractivity contribution is 5.76. The predicted molar refractivity (Wildman–Crippen MR) is 114 cm³/mol. The summed E-state index contributed by atoms with van der Waals surface area (Å²) in [7, 11) is 4.75. The molecule has 0 aliphatic carbocycles. The Morgan fingerprint density at radius 1 is 1.10 bits per heavy atom. The van der Waals surface area contributed by atoms with E-state index in [2.05, 4.69) is 10.2 Å². The Morgan fingerprint density at radius 2 is 1.80 bits per heavy atom. The van der Waals surface area contributed by atoms with Crippen LogP contribution in [-0.2, 0) is 11.2 Å². The Morgan fingerprint density at radius 3 is 2.37 bits per heavy atom. The summed E-state index contributed by atoms with van der Waals surface area (Å²) in [6.07, 6.45) is 6.29. The molecule has 30 heavy (non-hydrogen) atoms. The molecular formula is C23H32N2O5. The molecule has 7 heteroatoms. The van der Waals surface area contributed by atoms with Crippen molar-refractivity contribution in [2.75, 3.05) is 41.0 Å². The molecule has 3 rings (SSSR count). The van der Waals surface area contributed by atoms with Crippen LogP contribution in [0.25, 0.3) is 0 Å². The van der Waals surface area contributed by atoms with Crippen LogP contribution < -0.4 is 19.5 Å². The second-order valence-electron chi connectivity index (χ2n) is 7.47. The van der Waals surface area contributed by atoms with E-state index in [0.717, 1.165) is 24.4 Å². The normalized spacial score (nSPS) is 15.4. The number of piperidine rings is 1. The molecule has 1 aliphatic rings. The summed E-state index contributed by atoms with van der Waals surface area (Å²) in [4.78, 5) is 15.0. The monoisotopic (exact) mass is 416 g/mol. The Labute approximate surface area is 178 Å². The second kappa shape index (κ2) is 10.9. The van der Waals surface area contributed by atoms with Crippen molar-refractivity contribution in [3.8, 4) is 17.2 Å². The molecule has 1 fully saturated rings. The minimum Gasteiger partial charge on any atom is -0.493 e. The highest BCUT2D eigenvalue weighted by Crippen LogP contribution is 2.38. The van der Waals surface area contributed by atoms with Gasteiger partial charge in [-0.25, -0.2) is 0 Å². The Hall–Kier alpha value is -2.67. The van der Waals surface area contributed by atoms with Crippen molar-refractivity contribution in [2.45, 2.75) is 38.1 Å². The van der Waals surface area contributed by atoms with Gasteiger partial charge >= 0.3 is 0 Å². The molecule has 0 saturated carbocycles. The van der Waals surface area contributed by atoms with Crippen molar-refractivity contribution in [1.29, 1.82) is 0 Å². The lowest BCUT2D eigenvalue weighted by Crippen LogP contribution is -2.40. The second-order valence-corrected chi connectivity index (χ2v) is 7.47. The molecule has 0 bridgehead atoms. The van der Waals surface area contributed by atoms with Crippen LogP contribution in [0.15, 0.2) is 34.9 Å². The van der Waals surface area contributed by atoms with Crippen molar-refractivity contribution in [3.05, 3.63) is 41.9 Å². The Balaban J connectivity index is 1.58. The fourth-order valence-electron chi connectivity index (χ4n) is 3.96. The van der Waals surface area contributed by atoms with Crippen LogP contribution in [0, 0.1) is 0 Å². The van der Waals surface area contributed by atoms with Crippen LogP contribution in [0.1, 0.15) is 43.0 Å². The number of rotatable bonds is 10. The number of nitrogens with one attached hydrogen (secondary N) is 1. The number of benzene rings is 1. The van der Waals surface area contributed by atoms with Crippen LogP contribution in [0.5, 0.6) is 17.2 Å². The Bertz CT molecular complexity index is 775. The first-order chi connectivity index (χ1) is 14.7. The molecule has 2 heterocycles. The zero-order valence-corrected chi connectivity index (χ0v) is 18.1. The summed E-state index contributed by atoms with van der Waals surface area (Å²) in [5.74, 6) is 2.65. The van der Waals surface area contributed by atoms with Crippen molar-refractivity contribution in [2.24, 2.45) is 0 Å². The van der Waals surface area contributed by atoms with E-state index in [-0.39, 0.29) is 11.9 Å². The summed E-state index contributed by atoms with van der Waals surface area (Å²) in [5.41, 5.74) is 0.957. The van der Waals surface area contributed by atoms with E-state index in [1.807, 2.05) is 24.3 Å². The van der Waals surface area contributed by atoms with Crippen molar-refractivity contribution in [3.63, 3.8) is 0 Å². The van der Waals surface area contributed by atoms with Gasteiger partial charge in [-0.3, -0.25) is 9.69 Å². The number of nitrogens with zero attached hydrogens (tertiary/aromatic N) is 1. The third-order valence-corrected chi connectivity index (χ3v) is 5.56. The molecule has 0 spiro atoms. The molecule has 1 amide bonds. The van der Waals surface area contributed by atoms with E-state index in [4.69, 9.17) is 18.6 Å². The lowest BCUT2D eigenvalue weighted by Gasteiger charge is -2.33. The number of aryl methyl sites for hydroxylation is 1.